The molecule has 0 aliphatic rings. The molecule has 0 saturated carbocycles. The van der Waals surface area contributed by atoms with Gasteiger partial charge in [-0.2, -0.15) is 0 Å². The maximum atomic E-state index is 4.63. The van der Waals surface area contributed by atoms with Crippen molar-refractivity contribution in [1.82, 2.24) is 20.6 Å². The molecule has 3 rings (SSSR count). The molecular weight excluding hydrogens is 457 g/mol. The predicted molar refractivity (Wildman–Crippen MR) is 120 cm³/mol. The third kappa shape index (κ3) is 5.57. The molecule has 3 aromatic rings. The average Bonchev–Trinajstić information content (AvgIpc) is 3.27. The molecule has 0 saturated heterocycles. The zero-order valence-corrected chi connectivity index (χ0v) is 18.1. The fourth-order valence-corrected chi connectivity index (χ4v) is 3.30. The van der Waals surface area contributed by atoms with Gasteiger partial charge < -0.3 is 15.6 Å². The van der Waals surface area contributed by atoms with E-state index in [0.29, 0.717) is 6.54 Å². The number of nitrogens with one attached hydrogen (secondary N) is 3. The van der Waals surface area contributed by atoms with Crippen molar-refractivity contribution >= 4 is 41.3 Å². The molecule has 1 aromatic carbocycles. The van der Waals surface area contributed by atoms with E-state index in [1.807, 2.05) is 24.4 Å². The number of imidazole rings is 1. The summed E-state index contributed by atoms with van der Waals surface area (Å²) >= 11 is 1.76. The molecule has 0 amide bonds. The minimum Gasteiger partial charge on any atom is -0.357 e. The molecule has 2 heterocycles. The van der Waals surface area contributed by atoms with Gasteiger partial charge in [-0.05, 0) is 36.4 Å². The van der Waals surface area contributed by atoms with Crippen LogP contribution in [-0.2, 0) is 13.1 Å². The summed E-state index contributed by atoms with van der Waals surface area (Å²) in [5, 5.41) is 8.77. The Labute approximate surface area is 175 Å². The van der Waals surface area contributed by atoms with Crippen LogP contribution in [0.2, 0.25) is 0 Å². The Morgan fingerprint density at radius 3 is 2.69 bits per heavy atom. The van der Waals surface area contributed by atoms with Gasteiger partial charge in [-0.15, -0.1) is 35.3 Å². The SMILES string of the molecule is CCNC(=NCc1ncc(-c2ccccc2)[nH]1)NCc1sccc1C.I. The molecule has 0 unspecified atom stereocenters. The van der Waals surface area contributed by atoms with Crippen LogP contribution in [0.25, 0.3) is 11.3 Å². The summed E-state index contributed by atoms with van der Waals surface area (Å²) in [7, 11) is 0. The normalized spacial score (nSPS) is 11.1. The first-order valence-corrected chi connectivity index (χ1v) is 9.28. The van der Waals surface area contributed by atoms with Gasteiger partial charge >= 0.3 is 0 Å². The van der Waals surface area contributed by atoms with Crippen molar-refractivity contribution < 1.29 is 0 Å². The molecule has 0 aliphatic carbocycles. The van der Waals surface area contributed by atoms with Gasteiger partial charge in [0.25, 0.3) is 0 Å². The summed E-state index contributed by atoms with van der Waals surface area (Å²) in [4.78, 5) is 13.7. The van der Waals surface area contributed by atoms with Crippen molar-refractivity contribution in [2.75, 3.05) is 6.54 Å². The highest BCUT2D eigenvalue weighted by Gasteiger charge is 2.05. The Morgan fingerprint density at radius 1 is 1.19 bits per heavy atom. The van der Waals surface area contributed by atoms with Gasteiger partial charge in [-0.1, -0.05) is 30.3 Å². The molecule has 5 nitrogen and oxygen atoms in total. The maximum absolute atomic E-state index is 4.63. The number of H-pyrrole nitrogens is 1. The van der Waals surface area contributed by atoms with Crippen molar-refractivity contribution in [1.29, 1.82) is 0 Å². The number of nitrogens with zero attached hydrogens (tertiary/aromatic N) is 2. The topological polar surface area (TPSA) is 65.1 Å². The van der Waals surface area contributed by atoms with Crippen LogP contribution < -0.4 is 10.6 Å². The van der Waals surface area contributed by atoms with Crippen LogP contribution in [0, 0.1) is 6.92 Å². The molecule has 0 atom stereocenters. The number of aliphatic imine (C=N–C) groups is 1. The first-order valence-electron chi connectivity index (χ1n) is 8.40. The monoisotopic (exact) mass is 481 g/mol. The first-order chi connectivity index (χ1) is 12.3. The van der Waals surface area contributed by atoms with Crippen molar-refractivity contribution in [2.45, 2.75) is 26.9 Å². The van der Waals surface area contributed by atoms with Crippen LogP contribution in [0.5, 0.6) is 0 Å². The summed E-state index contributed by atoms with van der Waals surface area (Å²) in [6.07, 6.45) is 1.86. The molecular formula is C19H24IN5S. The number of hydrogen-bond donors (Lipinski definition) is 3. The first kappa shape index (κ1) is 20.4. The zero-order valence-electron chi connectivity index (χ0n) is 15.0. The van der Waals surface area contributed by atoms with Crippen molar-refractivity contribution in [3.8, 4) is 11.3 Å². The van der Waals surface area contributed by atoms with Crippen LogP contribution in [-0.4, -0.2) is 22.5 Å². The molecule has 3 N–H and O–H groups in total. The number of aromatic amines is 1. The van der Waals surface area contributed by atoms with E-state index in [9.17, 15) is 0 Å². The number of benzene rings is 1. The Hall–Kier alpha value is -1.87. The molecule has 2 aromatic heterocycles. The van der Waals surface area contributed by atoms with Gasteiger partial charge in [0.1, 0.15) is 12.4 Å². The Balaban J connectivity index is 0.00000243. The fourth-order valence-electron chi connectivity index (χ4n) is 2.45. The van der Waals surface area contributed by atoms with Gasteiger partial charge in [0, 0.05) is 11.4 Å². The van der Waals surface area contributed by atoms with E-state index < -0.39 is 0 Å². The van der Waals surface area contributed by atoms with Gasteiger partial charge in [-0.25, -0.2) is 9.98 Å². The van der Waals surface area contributed by atoms with E-state index >= 15 is 0 Å². The van der Waals surface area contributed by atoms with Gasteiger partial charge in [-0.3, -0.25) is 0 Å². The van der Waals surface area contributed by atoms with Crippen molar-refractivity contribution in [3.63, 3.8) is 0 Å². The zero-order chi connectivity index (χ0) is 17.5. The smallest absolute Gasteiger partial charge is 0.191 e. The van der Waals surface area contributed by atoms with Crippen molar-refractivity contribution in [2.24, 2.45) is 4.99 Å². The third-order valence-corrected chi connectivity index (χ3v) is 4.85. The van der Waals surface area contributed by atoms with Crippen LogP contribution in [0.4, 0.5) is 0 Å². The van der Waals surface area contributed by atoms with Gasteiger partial charge in [0.05, 0.1) is 18.4 Å². The number of hydrogen-bond acceptors (Lipinski definition) is 3. The lowest BCUT2D eigenvalue weighted by Gasteiger charge is -2.10. The van der Waals surface area contributed by atoms with Gasteiger partial charge in [0.15, 0.2) is 5.96 Å². The minimum atomic E-state index is 0. The summed E-state index contributed by atoms with van der Waals surface area (Å²) in [5.74, 6) is 1.65. The predicted octanol–water partition coefficient (Wildman–Crippen LogP) is 4.32. The number of aryl methyl sites for hydroxylation is 1. The minimum absolute atomic E-state index is 0. The number of aromatic nitrogens is 2. The largest absolute Gasteiger partial charge is 0.357 e. The summed E-state index contributed by atoms with van der Waals surface area (Å²) in [5.41, 5.74) is 3.45. The molecule has 0 aliphatic heterocycles. The summed E-state index contributed by atoms with van der Waals surface area (Å²) in [6, 6.07) is 12.3. The van der Waals surface area contributed by atoms with E-state index in [2.05, 4.69) is 63.0 Å². The van der Waals surface area contributed by atoms with Gasteiger partial charge in [0.2, 0.25) is 0 Å². The number of halogens is 1. The van der Waals surface area contributed by atoms with E-state index in [4.69, 9.17) is 0 Å². The number of thiophene rings is 1. The molecule has 26 heavy (non-hydrogen) atoms. The van der Waals surface area contributed by atoms with E-state index in [0.717, 1.165) is 36.1 Å². The van der Waals surface area contributed by atoms with Crippen molar-refractivity contribution in [3.05, 3.63) is 64.2 Å². The lowest BCUT2D eigenvalue weighted by Crippen LogP contribution is -2.36. The van der Waals surface area contributed by atoms with E-state index in [-0.39, 0.29) is 24.0 Å². The Kier molecular flexibility index (Phi) is 8.11. The lowest BCUT2D eigenvalue weighted by atomic mass is 10.2. The average molecular weight is 481 g/mol. The second kappa shape index (κ2) is 10.3. The fraction of sp³-hybridized carbons (Fsp3) is 0.263. The van der Waals surface area contributed by atoms with E-state index in [1.165, 1.54) is 10.4 Å². The number of guanidine groups is 1. The Morgan fingerprint density at radius 2 is 2.00 bits per heavy atom. The van der Waals surface area contributed by atoms with Crippen LogP contribution in [0.15, 0.2) is 53.0 Å². The summed E-state index contributed by atoms with van der Waals surface area (Å²) < 4.78 is 0. The van der Waals surface area contributed by atoms with Crippen LogP contribution in [0.3, 0.4) is 0 Å². The third-order valence-electron chi connectivity index (χ3n) is 3.83. The highest BCUT2D eigenvalue weighted by molar-refractivity contribution is 14.0. The Bertz CT molecular complexity index is 825. The second-order valence-electron chi connectivity index (χ2n) is 5.69. The molecule has 0 spiro atoms. The van der Waals surface area contributed by atoms with E-state index in [1.54, 1.807) is 11.3 Å². The maximum Gasteiger partial charge on any atom is 0.191 e. The molecule has 0 fully saturated rings. The van der Waals surface area contributed by atoms with Crippen LogP contribution >= 0.6 is 35.3 Å². The molecule has 0 radical (unpaired) electrons. The standard InChI is InChI=1S/C19H23N5S.HI/c1-3-20-19(22-12-17-14(2)9-10-25-17)23-13-18-21-11-16(24-18)15-7-5-4-6-8-15;/h4-11H,3,12-13H2,1-2H3,(H,21,24)(H2,20,22,23);1H. The quantitative estimate of drug-likeness (QED) is 0.279. The molecule has 7 heteroatoms. The number of rotatable bonds is 6. The molecule has 0 bridgehead atoms. The van der Waals surface area contributed by atoms with Crippen LogP contribution in [0.1, 0.15) is 23.2 Å². The second-order valence-corrected chi connectivity index (χ2v) is 6.69. The highest BCUT2D eigenvalue weighted by Crippen LogP contribution is 2.16. The highest BCUT2D eigenvalue weighted by atomic mass is 127. The molecule has 138 valence electrons. The summed E-state index contributed by atoms with van der Waals surface area (Å²) in [6.45, 7) is 6.30. The lowest BCUT2D eigenvalue weighted by molar-refractivity contribution is 0.812.